The third-order valence-corrected chi connectivity index (χ3v) is 5.24. The number of benzene rings is 1. The molecule has 1 aromatic carbocycles. The summed E-state index contributed by atoms with van der Waals surface area (Å²) in [6.07, 6.45) is 2.32. The lowest BCUT2D eigenvalue weighted by atomic mass is 10.1. The topological polar surface area (TPSA) is 63.5 Å². The first-order chi connectivity index (χ1) is 13.0. The number of nitrogens with one attached hydrogen (secondary N) is 1. The Labute approximate surface area is 168 Å². The second kappa shape index (κ2) is 9.14. The largest absolute Gasteiger partial charge is 0.355 e. The smallest absolute Gasteiger partial charge is 0.258 e. The van der Waals surface area contributed by atoms with E-state index in [4.69, 9.17) is 0 Å². The molecular formula is C19H17BrFN3O2S. The molecule has 0 spiro atoms. The number of carbonyl (C=O) groups is 1. The number of nitrogens with zero attached hydrogens (tertiary/aromatic N) is 2. The summed E-state index contributed by atoms with van der Waals surface area (Å²) >= 11 is 4.73. The molecule has 0 radical (unpaired) electrons. The van der Waals surface area contributed by atoms with E-state index in [1.165, 1.54) is 34.4 Å². The van der Waals surface area contributed by atoms with Gasteiger partial charge in [0.15, 0.2) is 0 Å². The molecule has 3 aromatic rings. The van der Waals surface area contributed by atoms with Crippen molar-refractivity contribution in [1.82, 2.24) is 14.7 Å². The molecule has 3 rings (SSSR count). The fraction of sp³-hybridized carbons (Fsp3) is 0.211. The third kappa shape index (κ3) is 5.64. The number of rotatable bonds is 7. The molecule has 0 atom stereocenters. The van der Waals surface area contributed by atoms with Crippen LogP contribution < -0.4 is 10.9 Å². The van der Waals surface area contributed by atoms with Gasteiger partial charge in [0.2, 0.25) is 5.91 Å². The molecule has 27 heavy (non-hydrogen) atoms. The minimum Gasteiger partial charge on any atom is -0.355 e. The van der Waals surface area contributed by atoms with E-state index in [-0.39, 0.29) is 23.0 Å². The van der Waals surface area contributed by atoms with Gasteiger partial charge in [-0.1, -0.05) is 12.1 Å². The highest BCUT2D eigenvalue weighted by atomic mass is 79.9. The minimum atomic E-state index is -0.270. The van der Waals surface area contributed by atoms with Crippen molar-refractivity contribution in [2.24, 2.45) is 0 Å². The van der Waals surface area contributed by atoms with Crippen LogP contribution in [-0.2, 0) is 17.0 Å². The number of thioether (sulfide) groups is 1. The van der Waals surface area contributed by atoms with Gasteiger partial charge in [-0.15, -0.1) is 11.8 Å². The second-order valence-electron chi connectivity index (χ2n) is 5.88. The number of pyridine rings is 1. The fourth-order valence-electron chi connectivity index (χ4n) is 2.50. The molecule has 0 bridgehead atoms. The Balaban J connectivity index is 1.45. The van der Waals surface area contributed by atoms with Crippen LogP contribution in [0.1, 0.15) is 11.3 Å². The molecular weight excluding hydrogens is 433 g/mol. The summed E-state index contributed by atoms with van der Waals surface area (Å²) in [4.78, 5) is 28.5. The standard InChI is InChI=1S/C19H17BrFN3O2S/c20-14-3-6-17-23-16(9-19(26)24(17)10-14)11-27-12-18(25)22-8-7-13-1-4-15(21)5-2-13/h1-6,9-10H,7-8,11-12H2,(H,22,25). The van der Waals surface area contributed by atoms with E-state index >= 15 is 0 Å². The lowest BCUT2D eigenvalue weighted by molar-refractivity contribution is -0.118. The normalized spacial score (nSPS) is 10.9. The lowest BCUT2D eigenvalue weighted by Crippen LogP contribution is -2.27. The van der Waals surface area contributed by atoms with Gasteiger partial charge in [0, 0.05) is 29.0 Å². The zero-order chi connectivity index (χ0) is 19.2. The molecule has 8 heteroatoms. The summed E-state index contributed by atoms with van der Waals surface area (Å²) in [5, 5.41) is 2.83. The Morgan fingerprint density at radius 3 is 2.78 bits per heavy atom. The van der Waals surface area contributed by atoms with Crippen molar-refractivity contribution in [1.29, 1.82) is 0 Å². The van der Waals surface area contributed by atoms with Gasteiger partial charge in [-0.2, -0.15) is 0 Å². The zero-order valence-corrected chi connectivity index (χ0v) is 16.7. The first-order valence-corrected chi connectivity index (χ1v) is 10.2. The summed E-state index contributed by atoms with van der Waals surface area (Å²) in [5.41, 5.74) is 2.04. The molecule has 2 heterocycles. The molecule has 1 amide bonds. The van der Waals surface area contributed by atoms with Crippen LogP contribution in [0.25, 0.3) is 5.65 Å². The van der Waals surface area contributed by atoms with Crippen molar-refractivity contribution in [3.8, 4) is 0 Å². The van der Waals surface area contributed by atoms with Crippen molar-refractivity contribution in [2.45, 2.75) is 12.2 Å². The van der Waals surface area contributed by atoms with Gasteiger partial charge in [0.25, 0.3) is 5.56 Å². The van der Waals surface area contributed by atoms with Gasteiger partial charge in [-0.05, 0) is 52.2 Å². The molecule has 5 nitrogen and oxygen atoms in total. The Bertz CT molecular complexity index is 1010. The fourth-order valence-corrected chi connectivity index (χ4v) is 3.58. The molecule has 2 aromatic heterocycles. The number of fused-ring (bicyclic) bond motifs is 1. The molecule has 0 unspecified atom stereocenters. The lowest BCUT2D eigenvalue weighted by Gasteiger charge is -2.06. The highest BCUT2D eigenvalue weighted by Gasteiger charge is 2.06. The van der Waals surface area contributed by atoms with Gasteiger partial charge in [-0.3, -0.25) is 14.0 Å². The summed E-state index contributed by atoms with van der Waals surface area (Å²) in [7, 11) is 0. The molecule has 1 N–H and O–H groups in total. The Morgan fingerprint density at radius 2 is 2.00 bits per heavy atom. The SMILES string of the molecule is O=C(CSCc1cc(=O)n2cc(Br)ccc2n1)NCCc1ccc(F)cc1. The number of aromatic nitrogens is 2. The Hall–Kier alpha value is -2.19. The molecule has 0 saturated heterocycles. The average molecular weight is 450 g/mol. The highest BCUT2D eigenvalue weighted by molar-refractivity contribution is 9.10. The monoisotopic (exact) mass is 449 g/mol. The highest BCUT2D eigenvalue weighted by Crippen LogP contribution is 2.12. The van der Waals surface area contributed by atoms with Crippen LogP contribution in [0.4, 0.5) is 4.39 Å². The number of hydrogen-bond donors (Lipinski definition) is 1. The summed E-state index contributed by atoms with van der Waals surface area (Å²) in [6.45, 7) is 0.496. The summed E-state index contributed by atoms with van der Waals surface area (Å²) in [6, 6.07) is 11.3. The van der Waals surface area contributed by atoms with Gasteiger partial charge in [0.05, 0.1) is 11.4 Å². The van der Waals surface area contributed by atoms with Crippen LogP contribution in [0.15, 0.2) is 57.9 Å². The number of hydrogen-bond acceptors (Lipinski definition) is 4. The van der Waals surface area contributed by atoms with Gasteiger partial charge in [0.1, 0.15) is 11.5 Å². The van der Waals surface area contributed by atoms with Crippen molar-refractivity contribution >= 4 is 39.2 Å². The predicted molar refractivity (Wildman–Crippen MR) is 108 cm³/mol. The first kappa shape index (κ1) is 19.6. The molecule has 0 aliphatic rings. The van der Waals surface area contributed by atoms with Crippen LogP contribution in [0.5, 0.6) is 0 Å². The molecule has 0 saturated carbocycles. The molecule has 140 valence electrons. The Kier molecular flexibility index (Phi) is 6.63. The quantitative estimate of drug-likeness (QED) is 0.601. The molecule has 0 aliphatic carbocycles. The van der Waals surface area contributed by atoms with E-state index in [9.17, 15) is 14.0 Å². The van der Waals surface area contributed by atoms with Crippen molar-refractivity contribution in [3.05, 3.63) is 80.6 Å². The van der Waals surface area contributed by atoms with E-state index in [1.807, 2.05) is 6.07 Å². The van der Waals surface area contributed by atoms with E-state index in [2.05, 4.69) is 26.2 Å². The van der Waals surface area contributed by atoms with Crippen molar-refractivity contribution < 1.29 is 9.18 Å². The van der Waals surface area contributed by atoms with Gasteiger partial charge in [-0.25, -0.2) is 9.37 Å². The zero-order valence-electron chi connectivity index (χ0n) is 14.3. The minimum absolute atomic E-state index is 0.0800. The predicted octanol–water partition coefficient (Wildman–Crippen LogP) is 3.19. The number of amides is 1. The maximum atomic E-state index is 12.8. The number of carbonyl (C=O) groups excluding carboxylic acids is 1. The van der Waals surface area contributed by atoms with Crippen LogP contribution in [0.2, 0.25) is 0 Å². The van der Waals surface area contributed by atoms with Crippen molar-refractivity contribution in [2.75, 3.05) is 12.3 Å². The average Bonchev–Trinajstić information content (AvgIpc) is 2.64. The summed E-state index contributed by atoms with van der Waals surface area (Å²) in [5.74, 6) is 0.412. The maximum absolute atomic E-state index is 12.8. The molecule has 0 fully saturated rings. The van der Waals surface area contributed by atoms with Crippen LogP contribution in [0.3, 0.4) is 0 Å². The maximum Gasteiger partial charge on any atom is 0.258 e. The van der Waals surface area contributed by atoms with Crippen LogP contribution >= 0.6 is 27.7 Å². The van der Waals surface area contributed by atoms with E-state index < -0.39 is 0 Å². The van der Waals surface area contributed by atoms with Crippen LogP contribution in [-0.4, -0.2) is 27.6 Å². The second-order valence-corrected chi connectivity index (χ2v) is 7.78. The van der Waals surface area contributed by atoms with E-state index in [0.29, 0.717) is 30.1 Å². The van der Waals surface area contributed by atoms with Gasteiger partial charge < -0.3 is 5.32 Å². The molecule has 0 aliphatic heterocycles. The van der Waals surface area contributed by atoms with Crippen molar-refractivity contribution in [3.63, 3.8) is 0 Å². The third-order valence-electron chi connectivity index (χ3n) is 3.81. The first-order valence-electron chi connectivity index (χ1n) is 8.28. The number of halogens is 2. The van der Waals surface area contributed by atoms with Gasteiger partial charge >= 0.3 is 0 Å². The Morgan fingerprint density at radius 1 is 1.22 bits per heavy atom. The van der Waals surface area contributed by atoms with E-state index in [1.54, 1.807) is 24.4 Å². The van der Waals surface area contributed by atoms with Crippen LogP contribution in [0, 0.1) is 5.82 Å². The summed E-state index contributed by atoms with van der Waals surface area (Å²) < 4.78 is 15.1. The van der Waals surface area contributed by atoms with E-state index in [0.717, 1.165) is 10.0 Å².